The Kier molecular flexibility index (Phi) is 4.16. The molecule has 6 heteroatoms. The van der Waals surface area contributed by atoms with Gasteiger partial charge in [-0.15, -0.1) is 0 Å². The van der Waals surface area contributed by atoms with Crippen molar-refractivity contribution in [2.24, 2.45) is 0 Å². The van der Waals surface area contributed by atoms with Crippen LogP contribution in [0.1, 0.15) is 25.5 Å². The fraction of sp³-hybridized carbons (Fsp3) is 0.333. The van der Waals surface area contributed by atoms with E-state index < -0.39 is 6.04 Å². The molecule has 112 valence electrons. The van der Waals surface area contributed by atoms with Crippen LogP contribution >= 0.6 is 0 Å². The summed E-state index contributed by atoms with van der Waals surface area (Å²) >= 11 is 0. The first-order valence-corrected chi connectivity index (χ1v) is 6.49. The SMILES string of the molecule is COc1cccc(C2NC(=O)NC(C)=C2C(C)=O)c1OC. The molecular weight excluding hydrogens is 272 g/mol. The van der Waals surface area contributed by atoms with Crippen LogP contribution in [0.2, 0.25) is 0 Å². The van der Waals surface area contributed by atoms with E-state index in [-0.39, 0.29) is 11.8 Å². The van der Waals surface area contributed by atoms with Gasteiger partial charge in [0.2, 0.25) is 0 Å². The van der Waals surface area contributed by atoms with Gasteiger partial charge in [-0.05, 0) is 19.9 Å². The smallest absolute Gasteiger partial charge is 0.319 e. The van der Waals surface area contributed by atoms with E-state index in [1.807, 2.05) is 0 Å². The molecule has 0 spiro atoms. The summed E-state index contributed by atoms with van der Waals surface area (Å²) in [6.07, 6.45) is 0. The number of methoxy groups -OCH3 is 2. The van der Waals surface area contributed by atoms with Gasteiger partial charge in [0.25, 0.3) is 0 Å². The van der Waals surface area contributed by atoms with Gasteiger partial charge in [0.05, 0.1) is 20.3 Å². The van der Waals surface area contributed by atoms with Crippen LogP contribution in [0.4, 0.5) is 4.79 Å². The molecule has 1 aliphatic heterocycles. The highest BCUT2D eigenvalue weighted by molar-refractivity contribution is 5.98. The zero-order chi connectivity index (χ0) is 15.6. The number of amides is 2. The highest BCUT2D eigenvalue weighted by Crippen LogP contribution is 2.38. The number of ketones is 1. The molecule has 0 radical (unpaired) electrons. The number of urea groups is 1. The van der Waals surface area contributed by atoms with Gasteiger partial charge in [-0.1, -0.05) is 12.1 Å². The molecule has 0 fully saturated rings. The van der Waals surface area contributed by atoms with E-state index in [9.17, 15) is 9.59 Å². The highest BCUT2D eigenvalue weighted by atomic mass is 16.5. The lowest BCUT2D eigenvalue weighted by Gasteiger charge is -2.29. The summed E-state index contributed by atoms with van der Waals surface area (Å²) < 4.78 is 10.7. The maximum Gasteiger partial charge on any atom is 0.319 e. The Morgan fingerprint density at radius 1 is 1.24 bits per heavy atom. The molecule has 0 aliphatic carbocycles. The second-order valence-electron chi connectivity index (χ2n) is 4.71. The predicted octanol–water partition coefficient (Wildman–Crippen LogP) is 1.92. The van der Waals surface area contributed by atoms with Crippen molar-refractivity contribution in [2.75, 3.05) is 14.2 Å². The number of carbonyl (C=O) groups is 2. The molecule has 2 rings (SSSR count). The van der Waals surface area contributed by atoms with E-state index in [4.69, 9.17) is 9.47 Å². The number of allylic oxidation sites excluding steroid dienone is 1. The van der Waals surface area contributed by atoms with Crippen molar-refractivity contribution in [3.05, 3.63) is 35.0 Å². The Labute approximate surface area is 123 Å². The van der Waals surface area contributed by atoms with Crippen LogP contribution in [0.3, 0.4) is 0 Å². The fourth-order valence-corrected chi connectivity index (χ4v) is 2.53. The van der Waals surface area contributed by atoms with Crippen molar-refractivity contribution >= 4 is 11.8 Å². The molecule has 1 aromatic rings. The summed E-state index contributed by atoms with van der Waals surface area (Å²) in [5, 5.41) is 5.37. The molecule has 1 atom stereocenters. The van der Waals surface area contributed by atoms with Crippen LogP contribution in [0.15, 0.2) is 29.5 Å². The van der Waals surface area contributed by atoms with E-state index in [1.165, 1.54) is 21.1 Å². The Bertz CT molecular complexity index is 622. The minimum absolute atomic E-state index is 0.116. The third-order valence-electron chi connectivity index (χ3n) is 3.39. The highest BCUT2D eigenvalue weighted by Gasteiger charge is 2.31. The zero-order valence-electron chi connectivity index (χ0n) is 12.4. The molecule has 2 amide bonds. The Morgan fingerprint density at radius 2 is 1.95 bits per heavy atom. The molecule has 1 aliphatic rings. The minimum Gasteiger partial charge on any atom is -0.493 e. The molecule has 1 aromatic carbocycles. The molecule has 0 aromatic heterocycles. The number of rotatable bonds is 4. The van der Waals surface area contributed by atoms with Gasteiger partial charge < -0.3 is 20.1 Å². The average molecular weight is 290 g/mol. The standard InChI is InChI=1S/C15H18N2O4/c1-8-12(9(2)18)13(17-15(19)16-8)10-6-5-7-11(20-3)14(10)21-4/h5-7,13H,1-4H3,(H2,16,17,19). The molecule has 1 unspecified atom stereocenters. The lowest BCUT2D eigenvalue weighted by Crippen LogP contribution is -2.44. The summed E-state index contributed by atoms with van der Waals surface area (Å²) in [7, 11) is 3.06. The normalized spacial score (nSPS) is 17.9. The topological polar surface area (TPSA) is 76.7 Å². The largest absolute Gasteiger partial charge is 0.493 e. The Hall–Kier alpha value is -2.50. The number of ether oxygens (including phenoxy) is 2. The van der Waals surface area contributed by atoms with Gasteiger partial charge >= 0.3 is 6.03 Å². The van der Waals surface area contributed by atoms with E-state index >= 15 is 0 Å². The summed E-state index contributed by atoms with van der Waals surface area (Å²) in [5.74, 6) is 0.928. The van der Waals surface area contributed by atoms with E-state index in [2.05, 4.69) is 10.6 Å². The second-order valence-corrected chi connectivity index (χ2v) is 4.71. The van der Waals surface area contributed by atoms with Crippen LogP contribution < -0.4 is 20.1 Å². The maximum absolute atomic E-state index is 11.9. The third kappa shape index (κ3) is 2.69. The van der Waals surface area contributed by atoms with E-state index in [0.29, 0.717) is 28.3 Å². The van der Waals surface area contributed by atoms with Crippen molar-refractivity contribution in [2.45, 2.75) is 19.9 Å². The van der Waals surface area contributed by atoms with Gasteiger partial charge in [0.1, 0.15) is 0 Å². The Morgan fingerprint density at radius 3 is 2.52 bits per heavy atom. The van der Waals surface area contributed by atoms with Crippen LogP contribution in [0, 0.1) is 0 Å². The molecule has 0 saturated heterocycles. The van der Waals surface area contributed by atoms with Crippen molar-refractivity contribution in [1.29, 1.82) is 0 Å². The quantitative estimate of drug-likeness (QED) is 0.888. The van der Waals surface area contributed by atoms with Crippen molar-refractivity contribution in [3.63, 3.8) is 0 Å². The number of Topliss-reactive ketones (excluding diaryl/α,β-unsaturated/α-hetero) is 1. The van der Waals surface area contributed by atoms with Crippen LogP contribution in [-0.2, 0) is 4.79 Å². The number of hydrogen-bond acceptors (Lipinski definition) is 4. The van der Waals surface area contributed by atoms with E-state index in [0.717, 1.165) is 0 Å². The van der Waals surface area contributed by atoms with Crippen molar-refractivity contribution in [3.8, 4) is 11.5 Å². The van der Waals surface area contributed by atoms with Gasteiger partial charge in [0.15, 0.2) is 17.3 Å². The molecule has 0 bridgehead atoms. The molecule has 21 heavy (non-hydrogen) atoms. The number of para-hydroxylation sites is 1. The number of hydrogen-bond donors (Lipinski definition) is 2. The molecule has 1 heterocycles. The first-order chi connectivity index (χ1) is 9.99. The van der Waals surface area contributed by atoms with E-state index in [1.54, 1.807) is 25.1 Å². The fourth-order valence-electron chi connectivity index (χ4n) is 2.53. The van der Waals surface area contributed by atoms with Crippen molar-refractivity contribution in [1.82, 2.24) is 10.6 Å². The maximum atomic E-state index is 11.9. The van der Waals surface area contributed by atoms with Crippen LogP contribution in [-0.4, -0.2) is 26.0 Å². The van der Waals surface area contributed by atoms with Gasteiger partial charge in [0, 0.05) is 16.8 Å². The van der Waals surface area contributed by atoms with Gasteiger partial charge in [-0.2, -0.15) is 0 Å². The molecule has 0 saturated carbocycles. The first-order valence-electron chi connectivity index (χ1n) is 6.49. The minimum atomic E-state index is -0.568. The summed E-state index contributed by atoms with van der Waals surface area (Å²) in [6.45, 7) is 3.17. The number of benzene rings is 1. The lowest BCUT2D eigenvalue weighted by atomic mass is 9.92. The van der Waals surface area contributed by atoms with Crippen LogP contribution in [0.5, 0.6) is 11.5 Å². The Balaban J connectivity index is 2.61. The summed E-state index contributed by atoms with van der Waals surface area (Å²) in [4.78, 5) is 23.7. The second kappa shape index (κ2) is 5.87. The molecule has 2 N–H and O–H groups in total. The monoisotopic (exact) mass is 290 g/mol. The molecular formula is C15H18N2O4. The number of nitrogens with one attached hydrogen (secondary N) is 2. The van der Waals surface area contributed by atoms with Crippen molar-refractivity contribution < 1.29 is 19.1 Å². The lowest BCUT2D eigenvalue weighted by molar-refractivity contribution is -0.114. The summed E-state index contributed by atoms with van der Waals surface area (Å²) in [6, 6.07) is 4.43. The predicted molar refractivity (Wildman–Crippen MR) is 77.3 cm³/mol. The number of carbonyl (C=O) groups excluding carboxylic acids is 2. The first kappa shape index (κ1) is 14.9. The van der Waals surface area contributed by atoms with Crippen LogP contribution in [0.25, 0.3) is 0 Å². The zero-order valence-corrected chi connectivity index (χ0v) is 12.4. The van der Waals surface area contributed by atoms with Gasteiger partial charge in [-0.25, -0.2) is 4.79 Å². The third-order valence-corrected chi connectivity index (χ3v) is 3.39. The molecule has 6 nitrogen and oxygen atoms in total. The van der Waals surface area contributed by atoms with Gasteiger partial charge in [-0.3, -0.25) is 4.79 Å². The average Bonchev–Trinajstić information content (AvgIpc) is 2.44. The summed E-state index contributed by atoms with van der Waals surface area (Å²) in [5.41, 5.74) is 1.72.